The summed E-state index contributed by atoms with van der Waals surface area (Å²) in [6, 6.07) is 4.24. The van der Waals surface area contributed by atoms with Gasteiger partial charge in [-0.05, 0) is 25.1 Å². The highest BCUT2D eigenvalue weighted by molar-refractivity contribution is 7.89. The summed E-state index contributed by atoms with van der Waals surface area (Å²) in [6.45, 7) is 4.47. The third-order valence-electron chi connectivity index (χ3n) is 2.77. The molecular formula is C12H18FNO5S2. The highest BCUT2D eigenvalue weighted by Gasteiger charge is 2.24. The molecule has 21 heavy (non-hydrogen) atoms. The van der Waals surface area contributed by atoms with E-state index in [0.717, 1.165) is 16.4 Å². The Bertz CT molecular complexity index is 673. The summed E-state index contributed by atoms with van der Waals surface area (Å²) in [4.78, 5) is -0.941. The lowest BCUT2D eigenvalue weighted by Gasteiger charge is -2.20. The second-order valence-electron chi connectivity index (χ2n) is 4.11. The SMILES string of the molecule is CCOCCN(CC)S(=O)(=O)c1cccc(S(=O)(=O)F)c1. The highest BCUT2D eigenvalue weighted by Crippen LogP contribution is 2.20. The quantitative estimate of drug-likeness (QED) is 0.528. The van der Waals surface area contributed by atoms with Gasteiger partial charge in [-0.3, -0.25) is 0 Å². The van der Waals surface area contributed by atoms with E-state index >= 15 is 0 Å². The summed E-state index contributed by atoms with van der Waals surface area (Å²) < 4.78 is 65.7. The Morgan fingerprint density at radius 2 is 1.76 bits per heavy atom. The van der Waals surface area contributed by atoms with E-state index in [4.69, 9.17) is 4.74 Å². The number of hydrogen-bond donors (Lipinski definition) is 0. The van der Waals surface area contributed by atoms with E-state index < -0.39 is 25.1 Å². The molecule has 0 atom stereocenters. The molecule has 0 fully saturated rings. The molecule has 0 saturated heterocycles. The molecule has 1 aromatic rings. The first-order valence-electron chi connectivity index (χ1n) is 6.36. The molecule has 0 radical (unpaired) electrons. The lowest BCUT2D eigenvalue weighted by molar-refractivity contribution is 0.135. The summed E-state index contributed by atoms with van der Waals surface area (Å²) in [5.41, 5.74) is 0. The Hall–Kier alpha value is -1.03. The summed E-state index contributed by atoms with van der Waals surface area (Å²) in [5, 5.41) is 0. The van der Waals surface area contributed by atoms with Crippen LogP contribution in [0.15, 0.2) is 34.1 Å². The van der Waals surface area contributed by atoms with Gasteiger partial charge in [0.05, 0.1) is 16.4 Å². The van der Waals surface area contributed by atoms with Gasteiger partial charge in [-0.25, -0.2) is 8.42 Å². The molecule has 1 aromatic carbocycles. The number of benzene rings is 1. The monoisotopic (exact) mass is 339 g/mol. The van der Waals surface area contributed by atoms with E-state index in [1.165, 1.54) is 12.1 Å². The average molecular weight is 339 g/mol. The molecule has 0 aromatic heterocycles. The number of nitrogens with zero attached hydrogens (tertiary/aromatic N) is 1. The molecule has 120 valence electrons. The summed E-state index contributed by atoms with van der Waals surface area (Å²) in [6.07, 6.45) is 0. The Morgan fingerprint density at radius 1 is 1.14 bits per heavy atom. The number of rotatable bonds is 8. The van der Waals surface area contributed by atoms with Crippen LogP contribution in [0.5, 0.6) is 0 Å². The number of sulfonamides is 1. The van der Waals surface area contributed by atoms with Crippen molar-refractivity contribution in [3.05, 3.63) is 24.3 Å². The second kappa shape index (κ2) is 7.30. The number of hydrogen-bond acceptors (Lipinski definition) is 5. The minimum Gasteiger partial charge on any atom is -0.380 e. The highest BCUT2D eigenvalue weighted by atomic mass is 32.3. The van der Waals surface area contributed by atoms with Crippen molar-refractivity contribution in [1.29, 1.82) is 0 Å². The van der Waals surface area contributed by atoms with Gasteiger partial charge in [-0.2, -0.15) is 12.7 Å². The van der Waals surface area contributed by atoms with Crippen LogP contribution in [0.3, 0.4) is 0 Å². The van der Waals surface area contributed by atoms with Gasteiger partial charge in [0.1, 0.15) is 0 Å². The van der Waals surface area contributed by atoms with Crippen LogP contribution in [0, 0.1) is 0 Å². The molecule has 1 rings (SSSR count). The third kappa shape index (κ3) is 4.73. The lowest BCUT2D eigenvalue weighted by atomic mass is 10.4. The van der Waals surface area contributed by atoms with Crippen molar-refractivity contribution in [1.82, 2.24) is 4.31 Å². The number of halogens is 1. The summed E-state index contributed by atoms with van der Waals surface area (Å²) in [7, 11) is -8.84. The molecule has 0 heterocycles. The predicted molar refractivity (Wildman–Crippen MR) is 75.7 cm³/mol. The maximum atomic E-state index is 13.0. The van der Waals surface area contributed by atoms with Gasteiger partial charge in [0.15, 0.2) is 0 Å². The largest absolute Gasteiger partial charge is 0.380 e. The molecule has 0 spiro atoms. The average Bonchev–Trinajstić information content (AvgIpc) is 2.42. The van der Waals surface area contributed by atoms with E-state index in [0.29, 0.717) is 6.61 Å². The van der Waals surface area contributed by atoms with Crippen LogP contribution in [-0.4, -0.2) is 47.4 Å². The van der Waals surface area contributed by atoms with Crippen LogP contribution in [0.2, 0.25) is 0 Å². The van der Waals surface area contributed by atoms with Gasteiger partial charge in [0.2, 0.25) is 10.0 Å². The van der Waals surface area contributed by atoms with Crippen molar-refractivity contribution in [3.8, 4) is 0 Å². The standard InChI is InChI=1S/C12H18FNO5S2/c1-3-14(8-9-19-4-2)21(17,18)12-7-5-6-11(10-12)20(13,15)16/h5-7,10H,3-4,8-9H2,1-2H3. The zero-order valence-corrected chi connectivity index (χ0v) is 13.5. The third-order valence-corrected chi connectivity index (χ3v) is 5.55. The first kappa shape index (κ1) is 18.0. The van der Waals surface area contributed by atoms with Gasteiger partial charge < -0.3 is 4.74 Å². The molecular weight excluding hydrogens is 321 g/mol. The van der Waals surface area contributed by atoms with Crippen molar-refractivity contribution in [3.63, 3.8) is 0 Å². The zero-order valence-electron chi connectivity index (χ0n) is 11.8. The predicted octanol–water partition coefficient (Wildman–Crippen LogP) is 1.39. The van der Waals surface area contributed by atoms with Crippen molar-refractivity contribution in [2.24, 2.45) is 0 Å². The first-order valence-corrected chi connectivity index (χ1v) is 9.18. The maximum Gasteiger partial charge on any atom is 0.332 e. The van der Waals surface area contributed by atoms with Crippen molar-refractivity contribution in [2.45, 2.75) is 23.6 Å². The molecule has 0 amide bonds. The van der Waals surface area contributed by atoms with E-state index in [1.807, 2.05) is 0 Å². The Morgan fingerprint density at radius 3 is 2.29 bits per heavy atom. The molecule has 0 bridgehead atoms. The van der Waals surface area contributed by atoms with Crippen LogP contribution in [0.25, 0.3) is 0 Å². The smallest absolute Gasteiger partial charge is 0.332 e. The second-order valence-corrected chi connectivity index (χ2v) is 7.39. The minimum atomic E-state index is -4.95. The topological polar surface area (TPSA) is 80.8 Å². The van der Waals surface area contributed by atoms with Crippen molar-refractivity contribution in [2.75, 3.05) is 26.3 Å². The lowest BCUT2D eigenvalue weighted by Crippen LogP contribution is -2.34. The van der Waals surface area contributed by atoms with Gasteiger partial charge >= 0.3 is 10.2 Å². The molecule has 0 saturated carbocycles. The van der Waals surface area contributed by atoms with Gasteiger partial charge in [0, 0.05) is 19.7 Å². The number of ether oxygens (including phenoxy) is 1. The summed E-state index contributed by atoms with van der Waals surface area (Å²) >= 11 is 0. The molecule has 0 aliphatic heterocycles. The van der Waals surface area contributed by atoms with E-state index in [2.05, 4.69) is 0 Å². The van der Waals surface area contributed by atoms with Crippen LogP contribution < -0.4 is 0 Å². The fourth-order valence-corrected chi connectivity index (χ4v) is 3.76. The van der Waals surface area contributed by atoms with Crippen molar-refractivity contribution < 1.29 is 25.5 Å². The molecule has 0 aliphatic carbocycles. The molecule has 0 N–H and O–H groups in total. The fraction of sp³-hybridized carbons (Fsp3) is 0.500. The van der Waals surface area contributed by atoms with Crippen LogP contribution in [0.1, 0.15) is 13.8 Å². The molecule has 0 aliphatic rings. The normalized spacial score (nSPS) is 12.8. The first-order chi connectivity index (χ1) is 9.73. The minimum absolute atomic E-state index is 0.138. The number of likely N-dealkylation sites (N-methyl/N-ethyl adjacent to an activating group) is 1. The van der Waals surface area contributed by atoms with Crippen LogP contribution >= 0.6 is 0 Å². The Labute approximate surface area is 124 Å². The van der Waals surface area contributed by atoms with Gasteiger partial charge in [0.25, 0.3) is 0 Å². The summed E-state index contributed by atoms with van der Waals surface area (Å²) in [5.74, 6) is 0. The van der Waals surface area contributed by atoms with Gasteiger partial charge in [-0.1, -0.05) is 13.0 Å². The van der Waals surface area contributed by atoms with Crippen LogP contribution in [-0.2, 0) is 25.0 Å². The zero-order chi connectivity index (χ0) is 16.1. The van der Waals surface area contributed by atoms with E-state index in [1.54, 1.807) is 13.8 Å². The van der Waals surface area contributed by atoms with E-state index in [-0.39, 0.29) is 24.6 Å². The van der Waals surface area contributed by atoms with Crippen LogP contribution in [0.4, 0.5) is 3.89 Å². The molecule has 0 unspecified atom stereocenters. The van der Waals surface area contributed by atoms with Crippen molar-refractivity contribution >= 4 is 20.2 Å². The van der Waals surface area contributed by atoms with E-state index in [9.17, 15) is 20.7 Å². The molecule has 6 nitrogen and oxygen atoms in total. The maximum absolute atomic E-state index is 13.0. The Kier molecular flexibility index (Phi) is 6.26. The molecule has 9 heteroatoms. The Balaban J connectivity index is 3.11. The fourth-order valence-electron chi connectivity index (χ4n) is 1.69. The van der Waals surface area contributed by atoms with Gasteiger partial charge in [-0.15, -0.1) is 3.89 Å².